The number of carbonyl (C=O) groups is 1. The van der Waals surface area contributed by atoms with E-state index in [4.69, 9.17) is 0 Å². The van der Waals surface area contributed by atoms with Crippen LogP contribution in [0.3, 0.4) is 0 Å². The van der Waals surface area contributed by atoms with Crippen LogP contribution in [-0.4, -0.2) is 24.2 Å². The zero-order valence-electron chi connectivity index (χ0n) is 15.1. The van der Waals surface area contributed by atoms with E-state index in [0.29, 0.717) is 15.9 Å². The lowest BCUT2D eigenvalue weighted by Crippen LogP contribution is -2.18. The highest BCUT2D eigenvalue weighted by Crippen LogP contribution is 2.25. The van der Waals surface area contributed by atoms with Gasteiger partial charge in [-0.3, -0.25) is 9.52 Å². The van der Waals surface area contributed by atoms with Gasteiger partial charge in [-0.05, 0) is 30.3 Å². The first-order valence-corrected chi connectivity index (χ1v) is 11.4. The monoisotopic (exact) mass is 547 g/mol. The Morgan fingerprint density at radius 2 is 1.70 bits per heavy atom. The lowest BCUT2D eigenvalue weighted by molar-refractivity contribution is 0.0988. The topological polar surface area (TPSA) is 89.0 Å². The second kappa shape index (κ2) is 9.08. The van der Waals surface area contributed by atoms with E-state index in [2.05, 4.69) is 32.6 Å². The molecule has 1 N–H and O–H groups in total. The summed E-state index contributed by atoms with van der Waals surface area (Å²) in [6.45, 7) is 0. The summed E-state index contributed by atoms with van der Waals surface area (Å²) in [6.07, 6.45) is 1.24. The summed E-state index contributed by atoms with van der Waals surface area (Å²) in [5, 5.41) is 0. The molecule has 0 amide bonds. The third kappa shape index (κ3) is 4.78. The highest BCUT2D eigenvalue weighted by Gasteiger charge is 2.26. The molecule has 0 saturated carbocycles. The third-order valence-corrected chi connectivity index (χ3v) is 6.05. The van der Waals surface area contributed by atoms with Gasteiger partial charge in [0.25, 0.3) is 10.0 Å². The Kier molecular flexibility index (Phi) is 6.71. The van der Waals surface area contributed by atoms with Crippen LogP contribution in [0, 0.1) is 17.5 Å². The summed E-state index contributed by atoms with van der Waals surface area (Å²) < 4.78 is 69.6. The maximum Gasteiger partial charge on any atom is 0.267 e. The van der Waals surface area contributed by atoms with Gasteiger partial charge < -0.3 is 0 Å². The van der Waals surface area contributed by atoms with Crippen LogP contribution in [-0.2, 0) is 20.9 Å². The van der Waals surface area contributed by atoms with Gasteiger partial charge in [-0.2, -0.15) is 0 Å². The van der Waals surface area contributed by atoms with Crippen LogP contribution in [0.4, 0.5) is 18.9 Å². The van der Waals surface area contributed by atoms with Crippen molar-refractivity contribution in [3.8, 4) is 0 Å². The largest absolute Gasteiger partial charge is 0.294 e. The molecule has 0 atom stereocenters. The summed E-state index contributed by atoms with van der Waals surface area (Å²) >= 11 is 2.06. The van der Waals surface area contributed by atoms with E-state index in [9.17, 15) is 26.4 Å². The van der Waals surface area contributed by atoms with Gasteiger partial charge >= 0.3 is 0 Å². The molecule has 0 bridgehead atoms. The van der Waals surface area contributed by atoms with Gasteiger partial charge in [-0.15, -0.1) is 0 Å². The molecule has 0 spiro atoms. The molecular formula is C19H13F3IN3O3S. The van der Waals surface area contributed by atoms with Crippen LogP contribution in [0.2, 0.25) is 0 Å². The van der Waals surface area contributed by atoms with Gasteiger partial charge in [0.15, 0.2) is 16.5 Å². The molecule has 2 aromatic carbocycles. The molecule has 156 valence electrons. The molecule has 0 aliphatic heterocycles. The number of Topliss-reactive ketones (excluding diaryl/α,β-unsaturated/α-hetero) is 1. The van der Waals surface area contributed by atoms with E-state index >= 15 is 0 Å². The van der Waals surface area contributed by atoms with Gasteiger partial charge in [0.2, 0.25) is 0 Å². The van der Waals surface area contributed by atoms with Crippen molar-refractivity contribution in [3.63, 3.8) is 0 Å². The number of hydrogen-bond acceptors (Lipinski definition) is 5. The Labute approximate surface area is 183 Å². The Hall–Kier alpha value is -2.54. The van der Waals surface area contributed by atoms with Crippen LogP contribution in [0.25, 0.3) is 0 Å². The average Bonchev–Trinajstić information content (AvgIpc) is 2.69. The standard InChI is InChI=1S/C19H13F3IN3O3S/c20-13-4-2-5-14(21)19(13)30(28,29)26-15-6-1-3-12(18(15)22)16(27)9-11-7-8-24-17(10-23)25-11/h1-8,26H,9-10H2. The number of hydrogen-bond donors (Lipinski definition) is 1. The second-order valence-electron chi connectivity index (χ2n) is 6.02. The number of halogens is 4. The van der Waals surface area contributed by atoms with Crippen LogP contribution >= 0.6 is 22.6 Å². The Morgan fingerprint density at radius 3 is 2.37 bits per heavy atom. The van der Waals surface area contributed by atoms with Crippen LogP contribution in [0.1, 0.15) is 21.9 Å². The number of rotatable bonds is 7. The number of ketones is 1. The highest BCUT2D eigenvalue weighted by molar-refractivity contribution is 14.1. The number of nitrogens with one attached hydrogen (secondary N) is 1. The summed E-state index contributed by atoms with van der Waals surface area (Å²) in [5.74, 6) is -3.96. The molecule has 0 fully saturated rings. The number of anilines is 1. The number of nitrogens with zero attached hydrogens (tertiary/aromatic N) is 2. The van der Waals surface area contributed by atoms with E-state index in [1.54, 1.807) is 4.72 Å². The van der Waals surface area contributed by atoms with Gasteiger partial charge in [0.05, 0.1) is 27.8 Å². The smallest absolute Gasteiger partial charge is 0.267 e. The van der Waals surface area contributed by atoms with E-state index in [0.717, 1.165) is 24.3 Å². The number of sulfonamides is 1. The minimum atomic E-state index is -4.78. The summed E-state index contributed by atoms with van der Waals surface area (Å²) in [6, 6.07) is 7.52. The number of alkyl halides is 1. The summed E-state index contributed by atoms with van der Waals surface area (Å²) in [7, 11) is -4.78. The summed E-state index contributed by atoms with van der Waals surface area (Å²) in [5.41, 5.74) is -0.626. The highest BCUT2D eigenvalue weighted by atomic mass is 127. The molecule has 0 saturated heterocycles. The van der Waals surface area contributed by atoms with Gasteiger partial charge in [0.1, 0.15) is 17.5 Å². The molecule has 0 unspecified atom stereocenters. The molecule has 30 heavy (non-hydrogen) atoms. The van der Waals surface area contributed by atoms with Gasteiger partial charge in [0, 0.05) is 6.20 Å². The van der Waals surface area contributed by atoms with Crippen LogP contribution in [0.5, 0.6) is 0 Å². The predicted molar refractivity (Wildman–Crippen MR) is 111 cm³/mol. The molecule has 3 aromatic rings. The molecule has 0 aliphatic carbocycles. The number of benzene rings is 2. The lowest BCUT2D eigenvalue weighted by atomic mass is 10.1. The van der Waals surface area contributed by atoms with Gasteiger partial charge in [-0.1, -0.05) is 34.7 Å². The molecule has 0 aliphatic rings. The van der Waals surface area contributed by atoms with Gasteiger partial charge in [-0.25, -0.2) is 31.6 Å². The summed E-state index contributed by atoms with van der Waals surface area (Å²) in [4.78, 5) is 19.5. The molecule has 1 heterocycles. The minimum Gasteiger partial charge on any atom is -0.294 e. The fourth-order valence-corrected chi connectivity index (χ4v) is 4.19. The first kappa shape index (κ1) is 22.2. The van der Waals surface area contributed by atoms with Crippen molar-refractivity contribution >= 4 is 44.1 Å². The zero-order chi connectivity index (χ0) is 21.9. The minimum absolute atomic E-state index is 0.235. The maximum atomic E-state index is 14.8. The Balaban J connectivity index is 1.90. The second-order valence-corrected chi connectivity index (χ2v) is 8.40. The molecular weight excluding hydrogens is 534 g/mol. The first-order chi connectivity index (χ1) is 14.2. The van der Waals surface area contributed by atoms with E-state index in [1.165, 1.54) is 24.4 Å². The van der Waals surface area contributed by atoms with E-state index in [-0.39, 0.29) is 12.0 Å². The van der Waals surface area contributed by atoms with Crippen LogP contribution < -0.4 is 4.72 Å². The van der Waals surface area contributed by atoms with Crippen LogP contribution in [0.15, 0.2) is 53.6 Å². The molecule has 3 rings (SSSR count). The Morgan fingerprint density at radius 1 is 1.03 bits per heavy atom. The normalized spacial score (nSPS) is 11.3. The van der Waals surface area contributed by atoms with Crippen molar-refractivity contribution in [1.82, 2.24) is 9.97 Å². The van der Waals surface area contributed by atoms with Crippen molar-refractivity contribution in [2.24, 2.45) is 0 Å². The average molecular weight is 547 g/mol. The number of carbonyl (C=O) groups excluding carboxylic acids is 1. The maximum absolute atomic E-state index is 14.8. The molecule has 1 aromatic heterocycles. The fraction of sp³-hybridized carbons (Fsp3) is 0.105. The van der Waals surface area contributed by atoms with Crippen molar-refractivity contribution < 1.29 is 26.4 Å². The lowest BCUT2D eigenvalue weighted by Gasteiger charge is -2.12. The molecule has 0 radical (unpaired) electrons. The molecule has 11 heteroatoms. The fourth-order valence-electron chi connectivity index (χ4n) is 2.63. The van der Waals surface area contributed by atoms with Crippen molar-refractivity contribution in [2.45, 2.75) is 15.7 Å². The molecule has 6 nitrogen and oxygen atoms in total. The van der Waals surface area contributed by atoms with Crippen molar-refractivity contribution in [3.05, 3.63) is 83.2 Å². The number of aromatic nitrogens is 2. The quantitative estimate of drug-likeness (QED) is 0.274. The predicted octanol–water partition coefficient (Wildman–Crippen LogP) is 4.06. The third-order valence-electron chi connectivity index (χ3n) is 3.96. The van der Waals surface area contributed by atoms with E-state index in [1.807, 2.05) is 0 Å². The first-order valence-electron chi connectivity index (χ1n) is 8.38. The van der Waals surface area contributed by atoms with E-state index < -0.39 is 43.8 Å². The van der Waals surface area contributed by atoms with Crippen molar-refractivity contribution in [1.29, 1.82) is 0 Å². The zero-order valence-corrected chi connectivity index (χ0v) is 18.0. The Bertz CT molecular complexity index is 1200. The SMILES string of the molecule is O=C(Cc1ccnc(CI)n1)c1cccc(NS(=O)(=O)c2c(F)cccc2F)c1F. The van der Waals surface area contributed by atoms with Crippen molar-refractivity contribution in [2.75, 3.05) is 4.72 Å².